The number of rotatable bonds is 3. The minimum atomic E-state index is -0.219. The third-order valence-corrected chi connectivity index (χ3v) is 6.64. The van der Waals surface area contributed by atoms with E-state index in [-0.39, 0.29) is 17.6 Å². The molecule has 3 heterocycles. The number of hydrogen-bond donors (Lipinski definition) is 0. The van der Waals surface area contributed by atoms with Gasteiger partial charge in [-0.3, -0.25) is 9.69 Å². The van der Waals surface area contributed by atoms with Crippen LogP contribution < -0.4 is 4.90 Å². The minimum absolute atomic E-state index is 0.147. The first kappa shape index (κ1) is 17.3. The van der Waals surface area contributed by atoms with Gasteiger partial charge in [0.05, 0.1) is 18.3 Å². The van der Waals surface area contributed by atoms with Crippen molar-refractivity contribution in [1.82, 2.24) is 4.90 Å². The van der Waals surface area contributed by atoms with Gasteiger partial charge in [-0.05, 0) is 31.4 Å². The molecule has 25 heavy (non-hydrogen) atoms. The van der Waals surface area contributed by atoms with Gasteiger partial charge in [0, 0.05) is 44.0 Å². The van der Waals surface area contributed by atoms with Gasteiger partial charge < -0.3 is 14.4 Å². The minimum Gasteiger partial charge on any atom is -0.378 e. The maximum Gasteiger partial charge on any atom is 0.241 e. The van der Waals surface area contributed by atoms with Crippen LogP contribution in [0.4, 0.5) is 5.69 Å². The van der Waals surface area contributed by atoms with Crippen molar-refractivity contribution in [3.05, 3.63) is 24.3 Å². The molecule has 3 aliphatic heterocycles. The first-order valence-electron chi connectivity index (χ1n) is 9.13. The molecule has 0 bridgehead atoms. The van der Waals surface area contributed by atoms with Crippen molar-refractivity contribution in [3.63, 3.8) is 0 Å². The highest BCUT2D eigenvalue weighted by Crippen LogP contribution is 2.37. The SMILES string of the molecule is CO[C@@H]1CCN(CC(=O)N2CCSc3ccccc32)C[C@@]12CCCO2. The summed E-state index contributed by atoms with van der Waals surface area (Å²) in [4.78, 5) is 18.4. The number of thioether (sulfide) groups is 1. The Hall–Kier alpha value is -1.08. The zero-order valence-corrected chi connectivity index (χ0v) is 15.6. The molecule has 4 rings (SSSR count). The molecule has 2 atom stereocenters. The summed E-state index contributed by atoms with van der Waals surface area (Å²) >= 11 is 1.83. The van der Waals surface area contributed by atoms with E-state index in [1.165, 1.54) is 4.90 Å². The summed E-state index contributed by atoms with van der Waals surface area (Å²) < 4.78 is 11.8. The summed E-state index contributed by atoms with van der Waals surface area (Å²) in [6.45, 7) is 3.73. The van der Waals surface area contributed by atoms with Gasteiger partial charge in [0.2, 0.25) is 5.91 Å². The summed E-state index contributed by atoms with van der Waals surface area (Å²) in [7, 11) is 1.78. The van der Waals surface area contributed by atoms with Crippen LogP contribution >= 0.6 is 11.8 Å². The van der Waals surface area contributed by atoms with E-state index >= 15 is 0 Å². The van der Waals surface area contributed by atoms with Gasteiger partial charge >= 0.3 is 0 Å². The third-order valence-electron chi connectivity index (χ3n) is 5.59. The number of para-hydroxylation sites is 1. The molecular formula is C19H26N2O3S. The van der Waals surface area contributed by atoms with Gasteiger partial charge in [-0.2, -0.15) is 0 Å². The number of fused-ring (bicyclic) bond motifs is 1. The Labute approximate surface area is 153 Å². The lowest BCUT2D eigenvalue weighted by atomic mass is 9.87. The average molecular weight is 362 g/mol. The molecule has 0 saturated carbocycles. The maximum atomic E-state index is 13.0. The Kier molecular flexibility index (Phi) is 5.04. The fourth-order valence-electron chi connectivity index (χ4n) is 4.39. The lowest BCUT2D eigenvalue weighted by Gasteiger charge is -2.45. The number of carbonyl (C=O) groups excluding carboxylic acids is 1. The van der Waals surface area contributed by atoms with Crippen LogP contribution in [-0.2, 0) is 14.3 Å². The maximum absolute atomic E-state index is 13.0. The topological polar surface area (TPSA) is 42.0 Å². The molecule has 2 fully saturated rings. The normalized spacial score (nSPS) is 29.8. The van der Waals surface area contributed by atoms with Crippen molar-refractivity contribution in [1.29, 1.82) is 0 Å². The van der Waals surface area contributed by atoms with Crippen LogP contribution in [0.5, 0.6) is 0 Å². The molecule has 5 nitrogen and oxygen atoms in total. The summed E-state index contributed by atoms with van der Waals surface area (Å²) in [6.07, 6.45) is 3.18. The van der Waals surface area contributed by atoms with Gasteiger partial charge in [-0.15, -0.1) is 11.8 Å². The van der Waals surface area contributed by atoms with Crippen molar-refractivity contribution < 1.29 is 14.3 Å². The quantitative estimate of drug-likeness (QED) is 0.826. The number of amides is 1. The van der Waals surface area contributed by atoms with Gasteiger partial charge in [0.25, 0.3) is 0 Å². The average Bonchev–Trinajstić information content (AvgIpc) is 3.10. The van der Waals surface area contributed by atoms with Crippen LogP contribution in [0.25, 0.3) is 0 Å². The van der Waals surface area contributed by atoms with E-state index in [0.717, 1.165) is 56.9 Å². The lowest BCUT2D eigenvalue weighted by molar-refractivity contribution is -0.147. The van der Waals surface area contributed by atoms with E-state index in [1.807, 2.05) is 28.8 Å². The van der Waals surface area contributed by atoms with E-state index in [0.29, 0.717) is 6.54 Å². The zero-order chi connectivity index (χ0) is 17.3. The molecule has 3 aliphatic rings. The number of anilines is 1. The van der Waals surface area contributed by atoms with Crippen molar-refractivity contribution in [2.24, 2.45) is 0 Å². The fraction of sp³-hybridized carbons (Fsp3) is 0.632. The number of carbonyl (C=O) groups is 1. The summed E-state index contributed by atoms with van der Waals surface area (Å²) in [5.74, 6) is 1.15. The van der Waals surface area contributed by atoms with Crippen LogP contribution in [0, 0.1) is 0 Å². The van der Waals surface area contributed by atoms with Gasteiger partial charge in [-0.1, -0.05) is 12.1 Å². The van der Waals surface area contributed by atoms with Crippen LogP contribution in [0.3, 0.4) is 0 Å². The predicted octanol–water partition coefficient (Wildman–Crippen LogP) is 2.40. The van der Waals surface area contributed by atoms with Crippen LogP contribution in [0.2, 0.25) is 0 Å². The molecule has 2 saturated heterocycles. The highest BCUT2D eigenvalue weighted by atomic mass is 32.2. The first-order valence-corrected chi connectivity index (χ1v) is 10.1. The smallest absolute Gasteiger partial charge is 0.241 e. The van der Waals surface area contributed by atoms with E-state index in [1.54, 1.807) is 7.11 Å². The molecule has 136 valence electrons. The Bertz CT molecular complexity index is 633. The van der Waals surface area contributed by atoms with Gasteiger partial charge in [-0.25, -0.2) is 0 Å². The zero-order valence-electron chi connectivity index (χ0n) is 14.8. The summed E-state index contributed by atoms with van der Waals surface area (Å²) in [5.41, 5.74) is 0.838. The van der Waals surface area contributed by atoms with Crippen LogP contribution in [-0.4, -0.2) is 68.2 Å². The molecule has 1 aromatic carbocycles. The number of benzene rings is 1. The summed E-state index contributed by atoms with van der Waals surface area (Å²) in [6, 6.07) is 8.20. The van der Waals surface area contributed by atoms with Gasteiger partial charge in [0.15, 0.2) is 0 Å². The van der Waals surface area contributed by atoms with Gasteiger partial charge in [0.1, 0.15) is 5.60 Å². The molecule has 1 aromatic rings. The number of methoxy groups -OCH3 is 1. The molecule has 6 heteroatoms. The molecule has 0 aromatic heterocycles. The highest BCUT2D eigenvalue weighted by molar-refractivity contribution is 7.99. The Morgan fingerprint density at radius 2 is 2.28 bits per heavy atom. The third kappa shape index (κ3) is 3.33. The fourth-order valence-corrected chi connectivity index (χ4v) is 5.39. The van der Waals surface area contributed by atoms with Crippen LogP contribution in [0.1, 0.15) is 19.3 Å². The number of likely N-dealkylation sites (tertiary alicyclic amines) is 1. The van der Waals surface area contributed by atoms with Crippen molar-refractivity contribution in [3.8, 4) is 0 Å². The number of piperidine rings is 1. The molecule has 0 radical (unpaired) electrons. The van der Waals surface area contributed by atoms with Crippen LogP contribution in [0.15, 0.2) is 29.2 Å². The second-order valence-corrected chi connectivity index (χ2v) is 8.24. The van der Waals surface area contributed by atoms with Crippen molar-refractivity contribution in [2.45, 2.75) is 35.9 Å². The standard InChI is InChI=1S/C19H26N2O3S/c1-23-17-7-9-20(14-19(17)8-4-11-24-19)13-18(22)21-10-12-25-16-6-3-2-5-15(16)21/h2-3,5-6,17H,4,7-14H2,1H3/t17-,19+/m1/s1. The van der Waals surface area contributed by atoms with E-state index in [2.05, 4.69) is 17.0 Å². The van der Waals surface area contributed by atoms with E-state index in [4.69, 9.17) is 9.47 Å². The van der Waals surface area contributed by atoms with Crippen molar-refractivity contribution in [2.75, 3.05) is 50.5 Å². The predicted molar refractivity (Wildman–Crippen MR) is 99.3 cm³/mol. The largest absolute Gasteiger partial charge is 0.378 e. The molecule has 0 aliphatic carbocycles. The lowest BCUT2D eigenvalue weighted by Crippen LogP contribution is -2.58. The van der Waals surface area contributed by atoms with E-state index < -0.39 is 0 Å². The van der Waals surface area contributed by atoms with E-state index in [9.17, 15) is 4.79 Å². The Morgan fingerprint density at radius 1 is 1.40 bits per heavy atom. The summed E-state index contributed by atoms with van der Waals surface area (Å²) in [5, 5.41) is 0. The molecule has 0 N–H and O–H groups in total. The monoisotopic (exact) mass is 362 g/mol. The molecular weight excluding hydrogens is 336 g/mol. The molecule has 0 unspecified atom stereocenters. The molecule has 1 amide bonds. The second-order valence-electron chi connectivity index (χ2n) is 7.10. The number of nitrogens with zero attached hydrogens (tertiary/aromatic N) is 2. The highest BCUT2D eigenvalue weighted by Gasteiger charge is 2.47. The van der Waals surface area contributed by atoms with Crippen molar-refractivity contribution >= 4 is 23.4 Å². The Morgan fingerprint density at radius 3 is 3.08 bits per heavy atom. The number of hydrogen-bond acceptors (Lipinski definition) is 5. The first-order chi connectivity index (χ1) is 12.2. The molecule has 1 spiro atoms. The Balaban J connectivity index is 1.45. The second kappa shape index (κ2) is 7.27. The number of ether oxygens (including phenoxy) is 2.